The van der Waals surface area contributed by atoms with Crippen molar-refractivity contribution in [1.29, 1.82) is 0 Å². The van der Waals surface area contributed by atoms with E-state index in [1.807, 2.05) is 20.8 Å². The Hall–Kier alpha value is -0.410. The van der Waals surface area contributed by atoms with E-state index in [9.17, 15) is 4.79 Å². The highest BCUT2D eigenvalue weighted by Crippen LogP contribution is 2.06. The molecule has 1 heterocycles. The predicted molar refractivity (Wildman–Crippen MR) is 58.3 cm³/mol. The van der Waals surface area contributed by atoms with Gasteiger partial charge in [-0.2, -0.15) is 0 Å². The molecule has 1 unspecified atom stereocenters. The monoisotopic (exact) mass is 201 g/mol. The number of nitrogens with zero attached hydrogens (tertiary/aromatic N) is 1. The number of aldehydes is 1. The van der Waals surface area contributed by atoms with Crippen LogP contribution in [0.15, 0.2) is 0 Å². The third-order valence-corrected chi connectivity index (χ3v) is 2.05. The number of hydrogen-bond donors (Lipinski definition) is 1. The number of aliphatic hydroxyl groups excluding tert-OH is 1. The van der Waals surface area contributed by atoms with Crippen molar-refractivity contribution in [1.82, 2.24) is 4.90 Å². The lowest BCUT2D eigenvalue weighted by molar-refractivity contribution is -0.113. The van der Waals surface area contributed by atoms with Gasteiger partial charge in [0, 0.05) is 18.5 Å². The fourth-order valence-corrected chi connectivity index (χ4v) is 1.10. The van der Waals surface area contributed by atoms with Gasteiger partial charge in [0.25, 0.3) is 0 Å². The van der Waals surface area contributed by atoms with Crippen LogP contribution >= 0.6 is 0 Å². The lowest BCUT2D eigenvalue weighted by Crippen LogP contribution is -2.21. The van der Waals surface area contributed by atoms with E-state index in [4.69, 9.17) is 5.11 Å². The van der Waals surface area contributed by atoms with Crippen LogP contribution in [-0.4, -0.2) is 42.0 Å². The molecule has 14 heavy (non-hydrogen) atoms. The number of aliphatic hydroxyl groups is 1. The van der Waals surface area contributed by atoms with Crippen molar-refractivity contribution in [3.8, 4) is 0 Å². The zero-order valence-electron chi connectivity index (χ0n) is 9.79. The first-order valence-corrected chi connectivity index (χ1v) is 5.25. The van der Waals surface area contributed by atoms with Gasteiger partial charge in [0.1, 0.15) is 6.29 Å². The molecule has 0 spiro atoms. The Morgan fingerprint density at radius 3 is 2.14 bits per heavy atom. The van der Waals surface area contributed by atoms with Gasteiger partial charge in [-0.05, 0) is 13.0 Å². The van der Waals surface area contributed by atoms with Crippen LogP contribution in [0, 0.1) is 5.41 Å². The molecule has 3 nitrogen and oxygen atoms in total. The van der Waals surface area contributed by atoms with Gasteiger partial charge in [0.05, 0.1) is 6.10 Å². The highest BCUT2D eigenvalue weighted by molar-refractivity contribution is 5.56. The molecule has 0 radical (unpaired) electrons. The lowest BCUT2D eigenvalue weighted by Gasteiger charge is -2.09. The van der Waals surface area contributed by atoms with Crippen molar-refractivity contribution in [2.75, 3.05) is 19.6 Å². The first-order valence-electron chi connectivity index (χ1n) is 5.25. The average Bonchev–Trinajstić information content (AvgIpc) is 2.51. The third-order valence-electron chi connectivity index (χ3n) is 2.05. The first kappa shape index (κ1) is 13.6. The maximum Gasteiger partial charge on any atom is 0.125 e. The Bertz CT molecular complexity index is 163. The molecule has 3 heteroatoms. The number of β-amino-alcohol motifs (C(OH)–C–C–N with tert-alkyl or cyclic N) is 1. The Balaban J connectivity index is 0.000000255. The summed E-state index contributed by atoms with van der Waals surface area (Å²) in [6.45, 7) is 10.8. The normalized spacial score (nSPS) is 22.8. The minimum absolute atomic E-state index is 0.0463. The lowest BCUT2D eigenvalue weighted by atomic mass is 10.0. The molecule has 0 amide bonds. The zero-order chi connectivity index (χ0) is 11.2. The summed E-state index contributed by atoms with van der Waals surface area (Å²) in [7, 11) is 0. The number of carbonyl (C=O) groups excluding carboxylic acids is 1. The fourth-order valence-electron chi connectivity index (χ4n) is 1.10. The standard InChI is InChI=1S/C6H13NO.C5H10O/c1-2-7-4-3-6(8)5-7;1-5(2,3)4-6/h6,8H,2-5H2,1H3;4H,1-3H3. The van der Waals surface area contributed by atoms with Crippen LogP contribution in [-0.2, 0) is 4.79 Å². The zero-order valence-corrected chi connectivity index (χ0v) is 9.79. The highest BCUT2D eigenvalue weighted by Gasteiger charge is 2.17. The molecule has 1 aliphatic rings. The van der Waals surface area contributed by atoms with E-state index in [0.29, 0.717) is 0 Å². The molecular formula is C11H23NO2. The van der Waals surface area contributed by atoms with Gasteiger partial charge in [0.2, 0.25) is 0 Å². The van der Waals surface area contributed by atoms with Gasteiger partial charge >= 0.3 is 0 Å². The maximum absolute atomic E-state index is 9.83. The van der Waals surface area contributed by atoms with Crippen molar-refractivity contribution < 1.29 is 9.90 Å². The van der Waals surface area contributed by atoms with E-state index in [-0.39, 0.29) is 11.5 Å². The van der Waals surface area contributed by atoms with Gasteiger partial charge in [-0.25, -0.2) is 0 Å². The molecule has 0 bridgehead atoms. The topological polar surface area (TPSA) is 40.5 Å². The number of rotatable bonds is 1. The summed E-state index contributed by atoms with van der Waals surface area (Å²) in [4.78, 5) is 12.1. The van der Waals surface area contributed by atoms with Crippen LogP contribution in [0.3, 0.4) is 0 Å². The molecule has 84 valence electrons. The molecular weight excluding hydrogens is 178 g/mol. The fraction of sp³-hybridized carbons (Fsp3) is 0.909. The minimum Gasteiger partial charge on any atom is -0.392 e. The summed E-state index contributed by atoms with van der Waals surface area (Å²) < 4.78 is 0. The quantitative estimate of drug-likeness (QED) is 0.650. The predicted octanol–water partition coefficient (Wildman–Crippen LogP) is 1.30. The van der Waals surface area contributed by atoms with Crippen molar-refractivity contribution in [3.63, 3.8) is 0 Å². The van der Waals surface area contributed by atoms with Gasteiger partial charge in [-0.3, -0.25) is 0 Å². The highest BCUT2D eigenvalue weighted by atomic mass is 16.3. The molecule has 1 rings (SSSR count). The van der Waals surface area contributed by atoms with Crippen LogP contribution in [0.2, 0.25) is 0 Å². The Kier molecular flexibility index (Phi) is 5.96. The smallest absolute Gasteiger partial charge is 0.125 e. The Labute approximate surface area is 87.1 Å². The van der Waals surface area contributed by atoms with Gasteiger partial charge in [-0.1, -0.05) is 27.7 Å². The number of likely N-dealkylation sites (N-methyl/N-ethyl adjacent to an activating group) is 1. The molecule has 0 aliphatic carbocycles. The molecule has 1 N–H and O–H groups in total. The summed E-state index contributed by atoms with van der Waals surface area (Å²) in [5.74, 6) is 0. The first-order chi connectivity index (χ1) is 6.39. The number of hydrogen-bond acceptors (Lipinski definition) is 3. The Morgan fingerprint density at radius 1 is 1.50 bits per heavy atom. The number of carbonyl (C=O) groups is 1. The second-order valence-corrected chi connectivity index (χ2v) is 4.82. The SMILES string of the molecule is CC(C)(C)C=O.CCN1CCC(O)C1. The van der Waals surface area contributed by atoms with Gasteiger partial charge in [0.15, 0.2) is 0 Å². The van der Waals surface area contributed by atoms with Crippen molar-refractivity contribution in [2.24, 2.45) is 5.41 Å². The van der Waals surface area contributed by atoms with E-state index in [1.54, 1.807) is 0 Å². The van der Waals surface area contributed by atoms with Gasteiger partial charge < -0.3 is 14.8 Å². The average molecular weight is 201 g/mol. The minimum atomic E-state index is -0.139. The molecule has 0 aromatic rings. The van der Waals surface area contributed by atoms with Crippen LogP contribution in [0.25, 0.3) is 0 Å². The molecule has 1 saturated heterocycles. The van der Waals surface area contributed by atoms with E-state index in [2.05, 4.69) is 11.8 Å². The molecule has 0 aromatic carbocycles. The van der Waals surface area contributed by atoms with Crippen LogP contribution < -0.4 is 0 Å². The molecule has 1 atom stereocenters. The van der Waals surface area contributed by atoms with E-state index in [1.165, 1.54) is 0 Å². The third kappa shape index (κ3) is 7.04. The second-order valence-electron chi connectivity index (χ2n) is 4.82. The van der Waals surface area contributed by atoms with Crippen LogP contribution in [0.5, 0.6) is 0 Å². The summed E-state index contributed by atoms with van der Waals surface area (Å²) >= 11 is 0. The molecule has 0 saturated carbocycles. The summed E-state index contributed by atoms with van der Waals surface area (Å²) in [6, 6.07) is 0. The van der Waals surface area contributed by atoms with Crippen molar-refractivity contribution in [3.05, 3.63) is 0 Å². The second kappa shape index (κ2) is 6.14. The van der Waals surface area contributed by atoms with E-state index in [0.717, 1.165) is 32.3 Å². The summed E-state index contributed by atoms with van der Waals surface area (Å²) in [6.07, 6.45) is 1.86. The molecule has 1 aliphatic heterocycles. The Morgan fingerprint density at radius 2 is 2.00 bits per heavy atom. The van der Waals surface area contributed by atoms with Crippen molar-refractivity contribution in [2.45, 2.75) is 40.2 Å². The van der Waals surface area contributed by atoms with E-state index >= 15 is 0 Å². The summed E-state index contributed by atoms with van der Waals surface area (Å²) in [5.41, 5.74) is -0.139. The van der Waals surface area contributed by atoms with E-state index < -0.39 is 0 Å². The van der Waals surface area contributed by atoms with Crippen molar-refractivity contribution >= 4 is 6.29 Å². The van der Waals surface area contributed by atoms with Crippen LogP contribution in [0.4, 0.5) is 0 Å². The largest absolute Gasteiger partial charge is 0.392 e. The summed E-state index contributed by atoms with van der Waals surface area (Å²) in [5, 5.41) is 8.99. The maximum atomic E-state index is 9.83. The van der Waals surface area contributed by atoms with Gasteiger partial charge in [-0.15, -0.1) is 0 Å². The molecule has 1 fully saturated rings. The number of likely N-dealkylation sites (tertiary alicyclic amines) is 1. The van der Waals surface area contributed by atoms with Crippen LogP contribution in [0.1, 0.15) is 34.1 Å². The molecule has 0 aromatic heterocycles.